The third-order valence-electron chi connectivity index (χ3n) is 5.28. The highest BCUT2D eigenvalue weighted by Gasteiger charge is 2.33. The number of nitrogens with one attached hydrogen (secondary N) is 1. The lowest BCUT2D eigenvalue weighted by Crippen LogP contribution is -2.52. The first-order valence-electron chi connectivity index (χ1n) is 8.99. The molecule has 2 amide bonds. The van der Waals surface area contributed by atoms with E-state index in [-0.39, 0.29) is 18.2 Å². The molecule has 2 atom stereocenters. The van der Waals surface area contributed by atoms with E-state index in [2.05, 4.69) is 10.4 Å². The Morgan fingerprint density at radius 2 is 2.12 bits per heavy atom. The second-order valence-electron chi connectivity index (χ2n) is 7.01. The average molecular weight is 334 g/mol. The van der Waals surface area contributed by atoms with E-state index in [1.54, 1.807) is 0 Å². The van der Waals surface area contributed by atoms with E-state index < -0.39 is 0 Å². The molecule has 0 aromatic carbocycles. The Kier molecular flexibility index (Phi) is 4.45. The van der Waals surface area contributed by atoms with Crippen molar-refractivity contribution in [1.82, 2.24) is 20.0 Å². The molecule has 0 bridgehead atoms. The van der Waals surface area contributed by atoms with Crippen molar-refractivity contribution in [2.24, 2.45) is 7.05 Å². The molecule has 4 rings (SSSR count). The zero-order chi connectivity index (χ0) is 16.5. The summed E-state index contributed by atoms with van der Waals surface area (Å²) >= 11 is 0. The van der Waals surface area contributed by atoms with Crippen molar-refractivity contribution in [3.63, 3.8) is 0 Å². The van der Waals surface area contributed by atoms with Crippen LogP contribution in [0.25, 0.3) is 0 Å². The molecule has 1 N–H and O–H groups in total. The summed E-state index contributed by atoms with van der Waals surface area (Å²) in [5, 5.41) is 7.41. The van der Waals surface area contributed by atoms with Crippen LogP contribution >= 0.6 is 0 Å². The fourth-order valence-corrected chi connectivity index (χ4v) is 3.68. The maximum absolute atomic E-state index is 12.6. The number of hydrogen-bond donors (Lipinski definition) is 1. The maximum atomic E-state index is 12.6. The van der Waals surface area contributed by atoms with Crippen molar-refractivity contribution in [3.05, 3.63) is 17.5 Å². The number of urea groups is 1. The van der Waals surface area contributed by atoms with Gasteiger partial charge in [0, 0.05) is 20.2 Å². The molecule has 2 unspecified atom stereocenters. The van der Waals surface area contributed by atoms with E-state index in [1.807, 2.05) is 22.8 Å². The minimum Gasteiger partial charge on any atom is -0.375 e. The molecule has 3 heterocycles. The second kappa shape index (κ2) is 6.72. The maximum Gasteiger partial charge on any atom is 0.317 e. The molecule has 2 saturated heterocycles. The van der Waals surface area contributed by atoms with Crippen LogP contribution in [0.15, 0.2) is 6.20 Å². The summed E-state index contributed by atoms with van der Waals surface area (Å²) in [5.74, 6) is 0.637. The van der Waals surface area contributed by atoms with Gasteiger partial charge in [0.25, 0.3) is 0 Å². The van der Waals surface area contributed by atoms with E-state index in [0.29, 0.717) is 32.2 Å². The lowest BCUT2D eigenvalue weighted by molar-refractivity contribution is -0.0849. The summed E-state index contributed by atoms with van der Waals surface area (Å²) in [6.45, 7) is 3.16. The molecule has 2 aliphatic heterocycles. The highest BCUT2D eigenvalue weighted by atomic mass is 16.5. The van der Waals surface area contributed by atoms with Gasteiger partial charge in [-0.1, -0.05) is 0 Å². The highest BCUT2D eigenvalue weighted by Crippen LogP contribution is 2.41. The number of carbonyl (C=O) groups is 1. The number of hydrogen-bond acceptors (Lipinski definition) is 4. The van der Waals surface area contributed by atoms with Gasteiger partial charge in [-0.15, -0.1) is 0 Å². The Hall–Kier alpha value is -1.60. The van der Waals surface area contributed by atoms with Gasteiger partial charge in [-0.2, -0.15) is 5.10 Å². The largest absolute Gasteiger partial charge is 0.375 e. The lowest BCUT2D eigenvalue weighted by Gasteiger charge is -2.35. The number of aryl methyl sites for hydroxylation is 1. The standard InChI is InChI=1S/C17H26N4O3/c1-20-14(13(9-19-20)12-4-5-12)10-18-17(22)21-6-8-24-16(11-21)15-3-2-7-23-15/h9,12,15-16H,2-8,10-11H2,1H3,(H,18,22). The summed E-state index contributed by atoms with van der Waals surface area (Å²) < 4.78 is 13.4. The minimum atomic E-state index is -0.0238. The first kappa shape index (κ1) is 15.9. The summed E-state index contributed by atoms with van der Waals surface area (Å²) in [6, 6.07) is -0.0238. The van der Waals surface area contributed by atoms with Gasteiger partial charge in [-0.25, -0.2) is 4.79 Å². The van der Waals surface area contributed by atoms with E-state index in [1.165, 1.54) is 18.4 Å². The van der Waals surface area contributed by atoms with Crippen LogP contribution in [-0.2, 0) is 23.1 Å². The van der Waals surface area contributed by atoms with Crippen LogP contribution in [0, 0.1) is 0 Å². The predicted molar refractivity (Wildman–Crippen MR) is 87.7 cm³/mol. The molecular weight excluding hydrogens is 308 g/mol. The third-order valence-corrected chi connectivity index (χ3v) is 5.28. The lowest BCUT2D eigenvalue weighted by atomic mass is 10.1. The molecule has 0 radical (unpaired) electrons. The molecule has 7 heteroatoms. The van der Waals surface area contributed by atoms with E-state index in [9.17, 15) is 4.79 Å². The number of nitrogens with zero attached hydrogens (tertiary/aromatic N) is 3. The number of aromatic nitrogens is 2. The van der Waals surface area contributed by atoms with Gasteiger partial charge in [0.15, 0.2) is 0 Å². The molecule has 0 spiro atoms. The van der Waals surface area contributed by atoms with E-state index in [0.717, 1.165) is 25.1 Å². The van der Waals surface area contributed by atoms with Crippen LogP contribution in [0.3, 0.4) is 0 Å². The van der Waals surface area contributed by atoms with Gasteiger partial charge in [0.05, 0.1) is 37.7 Å². The monoisotopic (exact) mass is 334 g/mol. The highest BCUT2D eigenvalue weighted by molar-refractivity contribution is 5.74. The summed E-state index contributed by atoms with van der Waals surface area (Å²) in [5.41, 5.74) is 2.41. The number of rotatable bonds is 4. The van der Waals surface area contributed by atoms with Gasteiger partial charge in [-0.05, 0) is 37.2 Å². The number of carbonyl (C=O) groups excluding carboxylic acids is 1. The number of ether oxygens (including phenoxy) is 2. The number of morpholine rings is 1. The van der Waals surface area contributed by atoms with Gasteiger partial charge in [-0.3, -0.25) is 4.68 Å². The Labute approximate surface area is 142 Å². The van der Waals surface area contributed by atoms with Crippen LogP contribution in [0.1, 0.15) is 42.9 Å². The molecule has 1 aliphatic carbocycles. The predicted octanol–water partition coefficient (Wildman–Crippen LogP) is 1.39. The topological polar surface area (TPSA) is 68.6 Å². The van der Waals surface area contributed by atoms with Gasteiger partial charge in [0.2, 0.25) is 0 Å². The van der Waals surface area contributed by atoms with Crippen LogP contribution in [0.2, 0.25) is 0 Å². The molecule has 1 aromatic heterocycles. The van der Waals surface area contributed by atoms with Gasteiger partial charge in [0.1, 0.15) is 6.10 Å². The van der Waals surface area contributed by atoms with Crippen LogP contribution in [0.4, 0.5) is 4.79 Å². The molecule has 132 valence electrons. The van der Waals surface area contributed by atoms with Crippen LogP contribution in [0.5, 0.6) is 0 Å². The Morgan fingerprint density at radius 1 is 1.29 bits per heavy atom. The molecule has 1 saturated carbocycles. The number of amides is 2. The Morgan fingerprint density at radius 3 is 2.88 bits per heavy atom. The minimum absolute atomic E-state index is 0.00530. The van der Waals surface area contributed by atoms with Crippen molar-refractivity contribution >= 4 is 6.03 Å². The second-order valence-corrected chi connectivity index (χ2v) is 7.01. The van der Waals surface area contributed by atoms with Crippen molar-refractivity contribution in [1.29, 1.82) is 0 Å². The fourth-order valence-electron chi connectivity index (χ4n) is 3.68. The fraction of sp³-hybridized carbons (Fsp3) is 0.765. The zero-order valence-electron chi connectivity index (χ0n) is 14.2. The third kappa shape index (κ3) is 3.28. The quantitative estimate of drug-likeness (QED) is 0.903. The van der Waals surface area contributed by atoms with Crippen LogP contribution < -0.4 is 5.32 Å². The Bertz CT molecular complexity index is 593. The van der Waals surface area contributed by atoms with Crippen molar-refractivity contribution < 1.29 is 14.3 Å². The molecule has 24 heavy (non-hydrogen) atoms. The first-order valence-corrected chi connectivity index (χ1v) is 8.99. The van der Waals surface area contributed by atoms with Crippen LogP contribution in [-0.4, -0.2) is 59.2 Å². The Balaban J connectivity index is 1.33. The van der Waals surface area contributed by atoms with Gasteiger partial charge >= 0.3 is 6.03 Å². The van der Waals surface area contributed by atoms with Crippen molar-refractivity contribution in [2.45, 2.75) is 50.4 Å². The van der Waals surface area contributed by atoms with Crippen molar-refractivity contribution in [3.8, 4) is 0 Å². The average Bonchev–Trinajstić information content (AvgIpc) is 3.16. The smallest absolute Gasteiger partial charge is 0.317 e. The van der Waals surface area contributed by atoms with E-state index in [4.69, 9.17) is 9.47 Å². The molecule has 1 aromatic rings. The molecule has 7 nitrogen and oxygen atoms in total. The molecular formula is C17H26N4O3. The van der Waals surface area contributed by atoms with Gasteiger partial charge < -0.3 is 19.7 Å². The van der Waals surface area contributed by atoms with E-state index >= 15 is 0 Å². The summed E-state index contributed by atoms with van der Waals surface area (Å²) in [7, 11) is 1.94. The summed E-state index contributed by atoms with van der Waals surface area (Å²) in [6.07, 6.45) is 6.67. The SMILES string of the molecule is Cn1ncc(C2CC2)c1CNC(=O)N1CCOC(C2CCCO2)C1. The van der Waals surface area contributed by atoms with Crippen molar-refractivity contribution in [2.75, 3.05) is 26.3 Å². The summed E-state index contributed by atoms with van der Waals surface area (Å²) in [4.78, 5) is 14.4. The molecule has 3 aliphatic rings. The zero-order valence-corrected chi connectivity index (χ0v) is 14.2. The first-order chi connectivity index (χ1) is 11.7. The molecule has 3 fully saturated rings. The normalized spacial score (nSPS) is 27.5.